The van der Waals surface area contributed by atoms with Crippen LogP contribution in [0.15, 0.2) is 0 Å². The van der Waals surface area contributed by atoms with E-state index < -0.39 is 11.9 Å². The quantitative estimate of drug-likeness (QED) is 0.224. The summed E-state index contributed by atoms with van der Waals surface area (Å²) in [4.78, 5) is 22.1. The Morgan fingerprint density at radius 2 is 1.58 bits per heavy atom. The van der Waals surface area contributed by atoms with Crippen LogP contribution in [0.3, 0.4) is 0 Å². The summed E-state index contributed by atoms with van der Waals surface area (Å²) in [6, 6.07) is 0. The average Bonchev–Trinajstić information content (AvgIpc) is 2.34. The minimum absolute atomic E-state index is 0.0631. The summed E-state index contributed by atoms with van der Waals surface area (Å²) in [6.45, 7) is -0.282. The van der Waals surface area contributed by atoms with E-state index in [0.717, 1.165) is 7.14 Å². The molecule has 1 N–H and O–H groups in total. The van der Waals surface area contributed by atoms with Crippen LogP contribution in [0.5, 0.6) is 5.75 Å². The second-order valence-electron chi connectivity index (χ2n) is 3.24. The summed E-state index contributed by atoms with van der Waals surface area (Å²) in [5, 5.41) is 20.3. The fourth-order valence-electron chi connectivity index (χ4n) is 1.11. The van der Waals surface area contributed by atoms with Gasteiger partial charge in [-0.25, -0.2) is 4.79 Å². The van der Waals surface area contributed by atoms with E-state index in [1.54, 1.807) is 0 Å². The number of aliphatic carboxylic acids is 1. The van der Waals surface area contributed by atoms with Crippen molar-refractivity contribution in [2.75, 3.05) is 6.61 Å². The molecule has 0 amide bonds. The van der Waals surface area contributed by atoms with E-state index in [1.807, 2.05) is 45.2 Å². The normalized spacial score (nSPS) is 10.3. The van der Waals surface area contributed by atoms with Crippen molar-refractivity contribution in [2.24, 2.45) is 0 Å². The third-order valence-electron chi connectivity index (χ3n) is 1.99. The Hall–Kier alpha value is 0.880. The van der Waals surface area contributed by atoms with Gasteiger partial charge in [0.2, 0.25) is 0 Å². The maximum atomic E-state index is 11.9. The first kappa shape index (κ1) is 17.9. The number of carbonyl (C=O) groups excluding carboxylic acids is 2. The summed E-state index contributed by atoms with van der Waals surface area (Å²) in [6.07, 6.45) is -0.373. The first-order valence-electron chi connectivity index (χ1n) is 4.69. The van der Waals surface area contributed by atoms with E-state index in [-0.39, 0.29) is 24.3 Å². The van der Waals surface area contributed by atoms with Gasteiger partial charge in [0.1, 0.15) is 11.3 Å². The number of carboxylic acid groups (broad SMARTS) is 1. The first-order chi connectivity index (χ1) is 8.77. The molecule has 19 heavy (non-hydrogen) atoms. The first-order valence-corrected chi connectivity index (χ1v) is 9.00. The molecule has 1 aromatic carbocycles. The molecule has 0 aliphatic carbocycles. The van der Waals surface area contributed by atoms with Crippen LogP contribution in [0, 0.1) is 14.3 Å². The van der Waals surface area contributed by atoms with Crippen LogP contribution >= 0.6 is 90.4 Å². The molecule has 0 aliphatic rings. The van der Waals surface area contributed by atoms with Crippen molar-refractivity contribution < 1.29 is 24.5 Å². The molecule has 5 nitrogen and oxygen atoms in total. The highest BCUT2D eigenvalue weighted by Gasteiger charge is 2.24. The Morgan fingerprint density at radius 1 is 1.05 bits per heavy atom. The number of aromatic hydroxyl groups is 1. The molecule has 0 atom stereocenters. The lowest BCUT2D eigenvalue weighted by molar-refractivity contribution is -0.306. The van der Waals surface area contributed by atoms with Crippen molar-refractivity contribution in [2.45, 2.75) is 6.42 Å². The molecular weight excluding hydrogens is 708 g/mol. The maximum absolute atomic E-state index is 11.9. The lowest BCUT2D eigenvalue weighted by Crippen LogP contribution is -2.24. The average molecular weight is 713 g/mol. The van der Waals surface area contributed by atoms with E-state index in [1.165, 1.54) is 0 Å². The Balaban J connectivity index is 3.07. The van der Waals surface area contributed by atoms with E-state index in [4.69, 9.17) is 4.74 Å². The molecule has 104 valence electrons. The van der Waals surface area contributed by atoms with E-state index in [2.05, 4.69) is 45.2 Å². The zero-order valence-electron chi connectivity index (χ0n) is 9.01. The largest absolute Gasteiger partial charge is 0.550 e. The Kier molecular flexibility index (Phi) is 7.33. The number of carbonyl (C=O) groups is 2. The van der Waals surface area contributed by atoms with Crippen LogP contribution in [0.4, 0.5) is 0 Å². The van der Waals surface area contributed by atoms with Gasteiger partial charge >= 0.3 is 5.97 Å². The lowest BCUT2D eigenvalue weighted by atomic mass is 10.2. The van der Waals surface area contributed by atoms with Crippen molar-refractivity contribution >= 4 is 102 Å². The number of carboxylic acids is 1. The van der Waals surface area contributed by atoms with Crippen LogP contribution in [-0.4, -0.2) is 23.7 Å². The summed E-state index contributed by atoms with van der Waals surface area (Å²) in [7, 11) is 0. The zero-order chi connectivity index (χ0) is 14.7. The molecule has 0 spiro atoms. The number of benzene rings is 1. The SMILES string of the molecule is O=C([O-])CCOC(=O)c1c(O)c(I)c(I)c(I)c1I. The molecule has 1 rings (SSSR count). The van der Waals surface area contributed by atoms with Gasteiger partial charge in [-0.3, -0.25) is 0 Å². The van der Waals surface area contributed by atoms with Gasteiger partial charge in [0.25, 0.3) is 0 Å². The number of hydrogen-bond acceptors (Lipinski definition) is 5. The molecule has 0 heterocycles. The molecule has 0 bridgehead atoms. The molecule has 0 saturated carbocycles. The van der Waals surface area contributed by atoms with Gasteiger partial charge in [0, 0.05) is 23.1 Å². The highest BCUT2D eigenvalue weighted by atomic mass is 127. The fourth-order valence-corrected chi connectivity index (χ4v) is 4.49. The van der Waals surface area contributed by atoms with Gasteiger partial charge in [-0.05, 0) is 90.4 Å². The van der Waals surface area contributed by atoms with Crippen molar-refractivity contribution in [1.29, 1.82) is 0 Å². The van der Waals surface area contributed by atoms with Crippen LogP contribution in [0.1, 0.15) is 16.8 Å². The smallest absolute Gasteiger partial charge is 0.343 e. The highest BCUT2D eigenvalue weighted by molar-refractivity contribution is 14.1. The van der Waals surface area contributed by atoms with Crippen molar-refractivity contribution in [3.05, 3.63) is 19.8 Å². The number of phenols is 1. The number of ether oxygens (including phenoxy) is 1. The highest BCUT2D eigenvalue weighted by Crippen LogP contribution is 2.37. The Bertz CT molecular complexity index is 514. The molecule has 0 saturated heterocycles. The predicted octanol–water partition coefficient (Wildman–Crippen LogP) is 2.11. The number of phenolic OH excluding ortho intramolecular Hbond substituents is 1. The standard InChI is InChI=1S/C10H6I4O5/c11-5-4(10(18)19-2-1-3(15)16)9(17)8(14)7(13)6(5)12/h17H,1-2H2,(H,15,16)/p-1. The second kappa shape index (κ2) is 7.77. The maximum Gasteiger partial charge on any atom is 0.343 e. The fraction of sp³-hybridized carbons (Fsp3) is 0.200. The molecule has 0 aliphatic heterocycles. The molecule has 0 aromatic heterocycles. The van der Waals surface area contributed by atoms with Crippen LogP contribution in [-0.2, 0) is 9.53 Å². The Labute approximate surface area is 163 Å². The minimum Gasteiger partial charge on any atom is -0.550 e. The zero-order valence-corrected chi connectivity index (χ0v) is 17.6. The summed E-state index contributed by atoms with van der Waals surface area (Å²) in [5.41, 5.74) is 0.0631. The number of hydrogen-bond donors (Lipinski definition) is 1. The number of rotatable bonds is 4. The molecule has 0 unspecified atom stereocenters. The van der Waals surface area contributed by atoms with Crippen molar-refractivity contribution in [1.82, 2.24) is 0 Å². The van der Waals surface area contributed by atoms with Gasteiger partial charge in [-0.2, -0.15) is 0 Å². The van der Waals surface area contributed by atoms with E-state index in [0.29, 0.717) is 7.14 Å². The summed E-state index contributed by atoms with van der Waals surface area (Å²) >= 11 is 8.04. The van der Waals surface area contributed by atoms with Gasteiger partial charge in [-0.15, -0.1) is 0 Å². The van der Waals surface area contributed by atoms with E-state index >= 15 is 0 Å². The summed E-state index contributed by atoms with van der Waals surface area (Å²) in [5.74, 6) is -2.18. The molecule has 1 aromatic rings. The monoisotopic (exact) mass is 713 g/mol. The van der Waals surface area contributed by atoms with E-state index in [9.17, 15) is 19.8 Å². The van der Waals surface area contributed by atoms with Gasteiger partial charge in [0.15, 0.2) is 0 Å². The van der Waals surface area contributed by atoms with Crippen LogP contribution < -0.4 is 5.11 Å². The van der Waals surface area contributed by atoms with Gasteiger partial charge < -0.3 is 19.7 Å². The molecular formula is C10H5I4O5-. The van der Waals surface area contributed by atoms with Gasteiger partial charge in [-0.1, -0.05) is 0 Å². The molecule has 9 heteroatoms. The van der Waals surface area contributed by atoms with Crippen molar-refractivity contribution in [3.8, 4) is 5.75 Å². The third-order valence-corrected chi connectivity index (χ3v) is 9.37. The number of halogens is 4. The molecule has 0 radical (unpaired) electrons. The van der Waals surface area contributed by atoms with Crippen LogP contribution in [0.25, 0.3) is 0 Å². The third kappa shape index (κ3) is 4.42. The second-order valence-corrected chi connectivity index (χ2v) is 7.55. The summed E-state index contributed by atoms with van der Waals surface area (Å²) < 4.78 is 7.66. The van der Waals surface area contributed by atoms with Crippen LogP contribution in [0.2, 0.25) is 0 Å². The molecule has 0 fully saturated rings. The predicted molar refractivity (Wildman–Crippen MR) is 98.9 cm³/mol. The number of esters is 1. The lowest BCUT2D eigenvalue weighted by Gasteiger charge is -2.13. The van der Waals surface area contributed by atoms with Crippen molar-refractivity contribution in [3.63, 3.8) is 0 Å². The minimum atomic E-state index is -1.29. The Morgan fingerprint density at radius 3 is 2.11 bits per heavy atom. The van der Waals surface area contributed by atoms with Gasteiger partial charge in [0.05, 0.1) is 10.2 Å². The topological polar surface area (TPSA) is 86.7 Å².